The zero-order valence-corrected chi connectivity index (χ0v) is 13.5. The van der Waals surface area contributed by atoms with E-state index in [1.807, 2.05) is 30.5 Å². The van der Waals surface area contributed by atoms with Gasteiger partial charge >= 0.3 is 0 Å². The summed E-state index contributed by atoms with van der Waals surface area (Å²) >= 11 is 1.58. The Morgan fingerprint density at radius 3 is 2.59 bits per heavy atom. The maximum atomic E-state index is 13.6. The Hall–Kier alpha value is -1.85. The monoisotopic (exact) mass is 318 g/mol. The molecule has 0 saturated heterocycles. The first kappa shape index (κ1) is 16.5. The summed E-state index contributed by atoms with van der Waals surface area (Å²) < 4.78 is 13.6. The predicted molar refractivity (Wildman–Crippen MR) is 89.6 cm³/mol. The number of hydrogen-bond acceptors (Lipinski definition) is 3. The standard InChI is InChI=1S/C17H19FN2OS/c1-20(11-13-7-3-4-8-14(13)18)12-17(21)19-15-9-5-6-10-16(15)22-2/h3-10H,11-12H2,1-2H3,(H,19,21). The van der Waals surface area contributed by atoms with Gasteiger partial charge in [0.05, 0.1) is 12.2 Å². The van der Waals surface area contributed by atoms with Crippen LogP contribution in [0.15, 0.2) is 53.4 Å². The first-order valence-electron chi connectivity index (χ1n) is 6.95. The third-order valence-corrected chi connectivity index (χ3v) is 3.99. The van der Waals surface area contributed by atoms with Gasteiger partial charge in [0.1, 0.15) is 5.82 Å². The second-order valence-corrected chi connectivity index (χ2v) is 5.86. The third-order valence-electron chi connectivity index (χ3n) is 3.19. The molecule has 0 atom stereocenters. The van der Waals surface area contributed by atoms with Gasteiger partial charge in [0, 0.05) is 17.0 Å². The quantitative estimate of drug-likeness (QED) is 0.826. The second-order valence-electron chi connectivity index (χ2n) is 5.01. The maximum absolute atomic E-state index is 13.6. The van der Waals surface area contributed by atoms with E-state index in [9.17, 15) is 9.18 Å². The molecule has 0 radical (unpaired) electrons. The van der Waals surface area contributed by atoms with Crippen LogP contribution in [0, 0.1) is 5.82 Å². The van der Waals surface area contributed by atoms with Crippen molar-refractivity contribution in [3.05, 3.63) is 59.9 Å². The topological polar surface area (TPSA) is 32.3 Å². The first-order valence-corrected chi connectivity index (χ1v) is 8.17. The van der Waals surface area contributed by atoms with Crippen LogP contribution in [-0.4, -0.2) is 30.7 Å². The Labute approximate surface area is 134 Å². The first-order chi connectivity index (χ1) is 10.6. The lowest BCUT2D eigenvalue weighted by Gasteiger charge is -2.17. The lowest BCUT2D eigenvalue weighted by molar-refractivity contribution is -0.117. The van der Waals surface area contributed by atoms with Gasteiger partial charge in [0.25, 0.3) is 0 Å². The smallest absolute Gasteiger partial charge is 0.238 e. The van der Waals surface area contributed by atoms with E-state index in [1.165, 1.54) is 6.07 Å². The normalized spacial score (nSPS) is 10.7. The number of benzene rings is 2. The molecule has 3 nitrogen and oxygen atoms in total. The highest BCUT2D eigenvalue weighted by atomic mass is 32.2. The van der Waals surface area contributed by atoms with E-state index in [0.717, 1.165) is 10.6 Å². The Morgan fingerprint density at radius 1 is 1.18 bits per heavy atom. The van der Waals surface area contributed by atoms with E-state index in [1.54, 1.807) is 41.9 Å². The zero-order valence-electron chi connectivity index (χ0n) is 12.7. The molecular formula is C17H19FN2OS. The Morgan fingerprint density at radius 2 is 1.86 bits per heavy atom. The van der Waals surface area contributed by atoms with Crippen molar-refractivity contribution in [2.45, 2.75) is 11.4 Å². The van der Waals surface area contributed by atoms with Crippen molar-refractivity contribution in [3.63, 3.8) is 0 Å². The van der Waals surface area contributed by atoms with Gasteiger partial charge in [-0.3, -0.25) is 9.69 Å². The van der Waals surface area contributed by atoms with Gasteiger partial charge in [0.2, 0.25) is 5.91 Å². The average molecular weight is 318 g/mol. The number of carbonyl (C=O) groups is 1. The van der Waals surface area contributed by atoms with Crippen LogP contribution in [0.2, 0.25) is 0 Å². The largest absolute Gasteiger partial charge is 0.324 e. The van der Waals surface area contributed by atoms with Gasteiger partial charge < -0.3 is 5.32 Å². The molecule has 0 spiro atoms. The van der Waals surface area contributed by atoms with Crippen molar-refractivity contribution >= 4 is 23.4 Å². The van der Waals surface area contributed by atoms with Crippen molar-refractivity contribution in [1.82, 2.24) is 4.90 Å². The Kier molecular flexibility index (Phi) is 5.98. The zero-order chi connectivity index (χ0) is 15.9. The van der Waals surface area contributed by atoms with Crippen LogP contribution in [-0.2, 0) is 11.3 Å². The van der Waals surface area contributed by atoms with Gasteiger partial charge in [-0.25, -0.2) is 4.39 Å². The van der Waals surface area contributed by atoms with Crippen molar-refractivity contribution < 1.29 is 9.18 Å². The fourth-order valence-electron chi connectivity index (χ4n) is 2.16. The summed E-state index contributed by atoms with van der Waals surface area (Å²) in [5.74, 6) is -0.358. The summed E-state index contributed by atoms with van der Waals surface area (Å²) in [6.45, 7) is 0.599. The Bertz CT molecular complexity index is 648. The number of likely N-dealkylation sites (N-methyl/N-ethyl adjacent to an activating group) is 1. The van der Waals surface area contributed by atoms with E-state index >= 15 is 0 Å². The number of carbonyl (C=O) groups excluding carboxylic acids is 1. The number of rotatable bonds is 6. The average Bonchev–Trinajstić information content (AvgIpc) is 2.50. The molecule has 22 heavy (non-hydrogen) atoms. The van der Waals surface area contributed by atoms with E-state index in [2.05, 4.69) is 5.32 Å². The molecule has 0 aliphatic carbocycles. The summed E-state index contributed by atoms with van der Waals surface area (Å²) in [7, 11) is 1.80. The highest BCUT2D eigenvalue weighted by Crippen LogP contribution is 2.24. The predicted octanol–water partition coefficient (Wildman–Crippen LogP) is 3.62. The molecule has 0 aliphatic rings. The summed E-state index contributed by atoms with van der Waals surface area (Å²) in [6.07, 6.45) is 1.97. The van der Waals surface area contributed by atoms with E-state index in [0.29, 0.717) is 12.1 Å². The molecule has 116 valence electrons. The van der Waals surface area contributed by atoms with Gasteiger partial charge in [-0.05, 0) is 31.5 Å². The van der Waals surface area contributed by atoms with Crippen LogP contribution in [0.3, 0.4) is 0 Å². The lowest BCUT2D eigenvalue weighted by Crippen LogP contribution is -2.30. The fourth-order valence-corrected chi connectivity index (χ4v) is 2.71. The SMILES string of the molecule is CSc1ccccc1NC(=O)CN(C)Cc1ccccc1F. The minimum absolute atomic E-state index is 0.111. The molecule has 1 amide bonds. The van der Waals surface area contributed by atoms with Crippen molar-refractivity contribution in [2.75, 3.05) is 25.2 Å². The van der Waals surface area contributed by atoms with E-state index in [-0.39, 0.29) is 18.3 Å². The molecule has 5 heteroatoms. The highest BCUT2D eigenvalue weighted by Gasteiger charge is 2.11. The maximum Gasteiger partial charge on any atom is 0.238 e. The number of nitrogens with one attached hydrogen (secondary N) is 1. The van der Waals surface area contributed by atoms with Gasteiger partial charge in [-0.15, -0.1) is 11.8 Å². The summed E-state index contributed by atoms with van der Waals surface area (Å²) in [6, 6.07) is 14.3. The fraction of sp³-hybridized carbons (Fsp3) is 0.235. The second kappa shape index (κ2) is 7.96. The molecule has 0 unspecified atom stereocenters. The highest BCUT2D eigenvalue weighted by molar-refractivity contribution is 7.98. The van der Waals surface area contributed by atoms with Crippen LogP contribution in [0.1, 0.15) is 5.56 Å². The van der Waals surface area contributed by atoms with Crippen LogP contribution >= 0.6 is 11.8 Å². The minimum atomic E-state index is -0.248. The third kappa shape index (κ3) is 4.58. The molecule has 0 aliphatic heterocycles. The van der Waals surface area contributed by atoms with Gasteiger partial charge in [-0.2, -0.15) is 0 Å². The molecular weight excluding hydrogens is 299 g/mol. The molecule has 0 fully saturated rings. The Balaban J connectivity index is 1.93. The van der Waals surface area contributed by atoms with Crippen molar-refractivity contribution in [1.29, 1.82) is 0 Å². The molecule has 1 N–H and O–H groups in total. The van der Waals surface area contributed by atoms with Crippen LogP contribution in [0.5, 0.6) is 0 Å². The van der Waals surface area contributed by atoms with E-state index < -0.39 is 0 Å². The number of para-hydroxylation sites is 1. The molecule has 0 heterocycles. The van der Waals surface area contributed by atoms with Crippen LogP contribution in [0.4, 0.5) is 10.1 Å². The summed E-state index contributed by atoms with van der Waals surface area (Å²) in [5, 5.41) is 2.90. The van der Waals surface area contributed by atoms with Gasteiger partial charge in [0.15, 0.2) is 0 Å². The molecule has 0 saturated carbocycles. The molecule has 2 rings (SSSR count). The summed E-state index contributed by atoms with van der Waals surface area (Å²) in [5.41, 5.74) is 1.39. The number of halogens is 1. The van der Waals surface area contributed by atoms with Crippen molar-refractivity contribution in [3.8, 4) is 0 Å². The van der Waals surface area contributed by atoms with Crippen LogP contribution < -0.4 is 5.32 Å². The van der Waals surface area contributed by atoms with E-state index in [4.69, 9.17) is 0 Å². The number of amides is 1. The number of anilines is 1. The summed E-state index contributed by atoms with van der Waals surface area (Å²) in [4.78, 5) is 14.9. The molecule has 2 aromatic carbocycles. The molecule has 2 aromatic rings. The minimum Gasteiger partial charge on any atom is -0.324 e. The number of hydrogen-bond donors (Lipinski definition) is 1. The number of nitrogens with zero attached hydrogens (tertiary/aromatic N) is 1. The molecule has 0 bridgehead atoms. The van der Waals surface area contributed by atoms with Gasteiger partial charge in [-0.1, -0.05) is 30.3 Å². The number of thioether (sulfide) groups is 1. The molecule has 0 aromatic heterocycles. The van der Waals surface area contributed by atoms with Crippen LogP contribution in [0.25, 0.3) is 0 Å². The lowest BCUT2D eigenvalue weighted by atomic mass is 10.2. The van der Waals surface area contributed by atoms with Crippen molar-refractivity contribution in [2.24, 2.45) is 0 Å².